The fourth-order valence-electron chi connectivity index (χ4n) is 4.14. The van der Waals surface area contributed by atoms with Crippen LogP contribution in [0.3, 0.4) is 0 Å². The second-order valence-electron chi connectivity index (χ2n) is 6.56. The zero-order chi connectivity index (χ0) is 15.6. The van der Waals surface area contributed by atoms with Crippen LogP contribution in [0.4, 0.5) is 9.59 Å². The van der Waals surface area contributed by atoms with Crippen molar-refractivity contribution >= 4 is 12.2 Å². The summed E-state index contributed by atoms with van der Waals surface area (Å²) >= 11 is 0. The second kappa shape index (κ2) is 6.54. The lowest BCUT2D eigenvalue weighted by atomic mass is 9.85. The van der Waals surface area contributed by atoms with Gasteiger partial charge in [-0.1, -0.05) is 13.8 Å². The van der Waals surface area contributed by atoms with Crippen LogP contribution >= 0.6 is 0 Å². The van der Waals surface area contributed by atoms with Crippen LogP contribution in [0.2, 0.25) is 0 Å². The minimum atomic E-state index is -0.829. The van der Waals surface area contributed by atoms with Crippen LogP contribution < -0.4 is 0 Å². The highest BCUT2D eigenvalue weighted by atomic mass is 16.4. The van der Waals surface area contributed by atoms with Crippen LogP contribution in [0, 0.1) is 11.8 Å². The van der Waals surface area contributed by atoms with Crippen LogP contribution in [-0.2, 0) is 0 Å². The van der Waals surface area contributed by atoms with Crippen molar-refractivity contribution in [1.29, 1.82) is 0 Å². The van der Waals surface area contributed by atoms with Gasteiger partial charge >= 0.3 is 12.2 Å². The van der Waals surface area contributed by atoms with Crippen molar-refractivity contribution in [2.24, 2.45) is 11.8 Å². The Morgan fingerprint density at radius 2 is 1.33 bits per heavy atom. The molecule has 2 fully saturated rings. The molecular weight excluding hydrogens is 272 g/mol. The molecule has 2 rings (SSSR count). The van der Waals surface area contributed by atoms with Crippen LogP contribution in [0.15, 0.2) is 0 Å². The highest BCUT2D eigenvalue weighted by Gasteiger charge is 2.37. The van der Waals surface area contributed by atoms with Crippen molar-refractivity contribution in [2.45, 2.75) is 58.0 Å². The summed E-state index contributed by atoms with van der Waals surface area (Å²) in [5, 5.41) is 18.5. The summed E-state index contributed by atoms with van der Waals surface area (Å²) in [5.41, 5.74) is 0. The molecule has 21 heavy (non-hydrogen) atoms. The Morgan fingerprint density at radius 3 is 1.67 bits per heavy atom. The second-order valence-corrected chi connectivity index (χ2v) is 6.56. The fraction of sp³-hybridized carbons (Fsp3) is 0.867. The van der Waals surface area contributed by atoms with Crippen LogP contribution in [0.25, 0.3) is 0 Å². The summed E-state index contributed by atoms with van der Waals surface area (Å²) < 4.78 is 0. The molecule has 0 aliphatic carbocycles. The lowest BCUT2D eigenvalue weighted by Gasteiger charge is -2.33. The van der Waals surface area contributed by atoms with Crippen molar-refractivity contribution in [3.05, 3.63) is 0 Å². The predicted octanol–water partition coefficient (Wildman–Crippen LogP) is 2.93. The van der Waals surface area contributed by atoms with Gasteiger partial charge in [-0.15, -0.1) is 0 Å². The number of amides is 2. The summed E-state index contributed by atoms with van der Waals surface area (Å²) in [4.78, 5) is 25.6. The average molecular weight is 298 g/mol. The number of rotatable bonds is 4. The summed E-state index contributed by atoms with van der Waals surface area (Å²) in [6.45, 7) is 5.46. The molecule has 6 heteroatoms. The zero-order valence-corrected chi connectivity index (χ0v) is 12.9. The molecule has 0 spiro atoms. The van der Waals surface area contributed by atoms with Gasteiger partial charge in [0, 0.05) is 25.2 Å². The van der Waals surface area contributed by atoms with Gasteiger partial charge < -0.3 is 20.0 Å². The Bertz CT molecular complexity index is 365. The Balaban J connectivity index is 1.94. The minimum Gasteiger partial charge on any atom is -0.465 e. The van der Waals surface area contributed by atoms with E-state index in [0.717, 1.165) is 32.1 Å². The Hall–Kier alpha value is -1.46. The molecule has 4 atom stereocenters. The number of likely N-dealkylation sites (tertiary alicyclic amines) is 2. The maximum atomic E-state index is 11.2. The lowest BCUT2D eigenvalue weighted by Crippen LogP contribution is -2.42. The smallest absolute Gasteiger partial charge is 0.407 e. The average Bonchev–Trinajstić information content (AvgIpc) is 3.07. The molecule has 0 aromatic carbocycles. The molecule has 0 saturated carbocycles. The Kier molecular flexibility index (Phi) is 4.96. The molecule has 2 amide bonds. The zero-order valence-electron chi connectivity index (χ0n) is 12.9. The standard InChI is InChI=1S/C15H26N2O4/c1-10(12-5-3-7-16(12)14(18)19)9-11(2)13-6-4-8-17(13)15(20)21/h10-13H,3-9H2,1-2H3,(H,18,19)(H,20,21). The molecule has 0 aromatic rings. The number of carbonyl (C=O) groups is 2. The first-order chi connectivity index (χ1) is 9.91. The van der Waals surface area contributed by atoms with Gasteiger partial charge in [0.05, 0.1) is 0 Å². The molecular formula is C15H26N2O4. The number of hydrogen-bond acceptors (Lipinski definition) is 2. The molecule has 2 saturated heterocycles. The third-order valence-corrected chi connectivity index (χ3v) is 5.15. The normalized spacial score (nSPS) is 28.7. The van der Waals surface area contributed by atoms with Crippen molar-refractivity contribution in [2.75, 3.05) is 13.1 Å². The van der Waals surface area contributed by atoms with Gasteiger partial charge in [0.15, 0.2) is 0 Å². The molecule has 0 bridgehead atoms. The van der Waals surface area contributed by atoms with E-state index >= 15 is 0 Å². The van der Waals surface area contributed by atoms with E-state index in [1.165, 1.54) is 0 Å². The van der Waals surface area contributed by atoms with Crippen LogP contribution in [0.1, 0.15) is 46.0 Å². The monoisotopic (exact) mass is 298 g/mol. The molecule has 2 aliphatic rings. The van der Waals surface area contributed by atoms with E-state index < -0.39 is 12.2 Å². The SMILES string of the molecule is CC(CC(C)C1CCCN1C(=O)O)C1CCCN1C(=O)O. The molecule has 2 aliphatic heterocycles. The molecule has 2 heterocycles. The van der Waals surface area contributed by atoms with E-state index in [2.05, 4.69) is 13.8 Å². The summed E-state index contributed by atoms with van der Waals surface area (Å²) in [6, 6.07) is 0.175. The highest BCUT2D eigenvalue weighted by molar-refractivity contribution is 5.66. The van der Waals surface area contributed by atoms with Crippen molar-refractivity contribution in [3.63, 3.8) is 0 Å². The maximum Gasteiger partial charge on any atom is 0.407 e. The van der Waals surface area contributed by atoms with Gasteiger partial charge in [-0.2, -0.15) is 0 Å². The summed E-state index contributed by atoms with van der Waals surface area (Å²) in [7, 11) is 0. The van der Waals surface area contributed by atoms with E-state index in [1.54, 1.807) is 9.80 Å². The van der Waals surface area contributed by atoms with Crippen LogP contribution in [0.5, 0.6) is 0 Å². The van der Waals surface area contributed by atoms with Gasteiger partial charge in [0.25, 0.3) is 0 Å². The van der Waals surface area contributed by atoms with Crippen molar-refractivity contribution < 1.29 is 19.8 Å². The van der Waals surface area contributed by atoms with Crippen molar-refractivity contribution in [3.8, 4) is 0 Å². The number of nitrogens with zero attached hydrogens (tertiary/aromatic N) is 2. The predicted molar refractivity (Wildman–Crippen MR) is 78.5 cm³/mol. The molecule has 2 N–H and O–H groups in total. The van der Waals surface area contributed by atoms with Gasteiger partial charge in [-0.05, 0) is 43.9 Å². The Morgan fingerprint density at radius 1 is 0.952 bits per heavy atom. The van der Waals surface area contributed by atoms with Gasteiger partial charge in [-0.25, -0.2) is 9.59 Å². The van der Waals surface area contributed by atoms with E-state index in [-0.39, 0.29) is 23.9 Å². The minimum absolute atomic E-state index is 0.0876. The van der Waals surface area contributed by atoms with E-state index in [1.807, 2.05) is 0 Å². The van der Waals surface area contributed by atoms with E-state index in [0.29, 0.717) is 13.1 Å². The fourth-order valence-corrected chi connectivity index (χ4v) is 4.14. The van der Waals surface area contributed by atoms with Crippen LogP contribution in [-0.4, -0.2) is 57.4 Å². The quantitative estimate of drug-likeness (QED) is 0.836. The molecule has 0 aromatic heterocycles. The largest absolute Gasteiger partial charge is 0.465 e. The lowest BCUT2D eigenvalue weighted by molar-refractivity contribution is 0.107. The summed E-state index contributed by atoms with van der Waals surface area (Å²) in [6.07, 6.45) is 2.93. The molecule has 4 unspecified atom stereocenters. The van der Waals surface area contributed by atoms with E-state index in [9.17, 15) is 19.8 Å². The third kappa shape index (κ3) is 3.41. The first-order valence-electron chi connectivity index (χ1n) is 7.91. The first kappa shape index (κ1) is 15.9. The van der Waals surface area contributed by atoms with Gasteiger partial charge in [-0.3, -0.25) is 0 Å². The molecule has 6 nitrogen and oxygen atoms in total. The number of carboxylic acid groups (broad SMARTS) is 2. The van der Waals surface area contributed by atoms with Gasteiger partial charge in [0.2, 0.25) is 0 Å². The third-order valence-electron chi connectivity index (χ3n) is 5.15. The first-order valence-corrected chi connectivity index (χ1v) is 7.91. The molecule has 0 radical (unpaired) electrons. The highest BCUT2D eigenvalue weighted by Crippen LogP contribution is 2.33. The Labute approximate surface area is 125 Å². The van der Waals surface area contributed by atoms with E-state index in [4.69, 9.17) is 0 Å². The van der Waals surface area contributed by atoms with Gasteiger partial charge in [0.1, 0.15) is 0 Å². The number of hydrogen-bond donors (Lipinski definition) is 2. The topological polar surface area (TPSA) is 81.1 Å². The maximum absolute atomic E-state index is 11.2. The van der Waals surface area contributed by atoms with Crippen molar-refractivity contribution in [1.82, 2.24) is 9.80 Å². The summed E-state index contributed by atoms with van der Waals surface area (Å²) in [5.74, 6) is 0.546. The molecule has 120 valence electrons.